The molecule has 0 bridgehead atoms. The van der Waals surface area contributed by atoms with E-state index in [2.05, 4.69) is 4.98 Å². The van der Waals surface area contributed by atoms with Crippen molar-refractivity contribution in [2.45, 2.75) is 6.04 Å². The Morgan fingerprint density at radius 3 is 2.75 bits per heavy atom. The molecule has 0 saturated carbocycles. The van der Waals surface area contributed by atoms with Crippen LogP contribution in [0.15, 0.2) is 49.1 Å². The van der Waals surface area contributed by atoms with E-state index in [4.69, 9.17) is 10.5 Å². The Hall–Kier alpha value is -2.93. The summed E-state index contributed by atoms with van der Waals surface area (Å²) < 4.78 is 7.10. The van der Waals surface area contributed by atoms with Crippen LogP contribution in [0.3, 0.4) is 0 Å². The molecule has 1 unspecified atom stereocenters. The number of rotatable bonds is 4. The first-order valence-electron chi connectivity index (χ1n) is 7.59. The SMILES string of the molecule is NC(=O)C1COCCN1C(=O)C=Cc1ccc(-n2ccnc2)cc1. The summed E-state index contributed by atoms with van der Waals surface area (Å²) in [5.74, 6) is -0.804. The predicted octanol–water partition coefficient (Wildman–Crippen LogP) is 0.598. The first-order valence-corrected chi connectivity index (χ1v) is 7.59. The highest BCUT2D eigenvalue weighted by atomic mass is 16.5. The summed E-state index contributed by atoms with van der Waals surface area (Å²) in [7, 11) is 0. The second kappa shape index (κ2) is 7.10. The number of hydrogen-bond acceptors (Lipinski definition) is 4. The zero-order chi connectivity index (χ0) is 16.9. The summed E-state index contributed by atoms with van der Waals surface area (Å²) in [4.78, 5) is 29.2. The minimum atomic E-state index is -0.709. The molecule has 1 fully saturated rings. The molecule has 7 heteroatoms. The van der Waals surface area contributed by atoms with Gasteiger partial charge in [0, 0.05) is 30.7 Å². The van der Waals surface area contributed by atoms with Gasteiger partial charge in [-0.1, -0.05) is 12.1 Å². The van der Waals surface area contributed by atoms with Crippen LogP contribution in [0.2, 0.25) is 0 Å². The molecule has 3 rings (SSSR count). The molecule has 1 saturated heterocycles. The van der Waals surface area contributed by atoms with Gasteiger partial charge in [-0.2, -0.15) is 0 Å². The lowest BCUT2D eigenvalue weighted by Crippen LogP contribution is -2.54. The number of nitrogens with zero attached hydrogens (tertiary/aromatic N) is 3. The predicted molar refractivity (Wildman–Crippen MR) is 88.1 cm³/mol. The van der Waals surface area contributed by atoms with Gasteiger partial charge in [0.05, 0.1) is 19.5 Å². The van der Waals surface area contributed by atoms with Gasteiger partial charge in [0.15, 0.2) is 0 Å². The molecule has 1 aromatic heterocycles. The van der Waals surface area contributed by atoms with Crippen molar-refractivity contribution in [3.8, 4) is 5.69 Å². The van der Waals surface area contributed by atoms with Gasteiger partial charge in [0.25, 0.3) is 0 Å². The minimum Gasteiger partial charge on any atom is -0.377 e. The van der Waals surface area contributed by atoms with E-state index in [1.54, 1.807) is 18.6 Å². The van der Waals surface area contributed by atoms with Crippen LogP contribution in [0.5, 0.6) is 0 Å². The maximum absolute atomic E-state index is 12.3. The first-order chi connectivity index (χ1) is 11.6. The van der Waals surface area contributed by atoms with Crippen LogP contribution in [0.25, 0.3) is 11.8 Å². The number of ether oxygens (including phenoxy) is 1. The molecule has 1 aliphatic heterocycles. The Morgan fingerprint density at radius 2 is 2.08 bits per heavy atom. The number of benzene rings is 1. The molecule has 2 amide bonds. The number of primary amides is 1. The van der Waals surface area contributed by atoms with E-state index in [0.717, 1.165) is 11.3 Å². The Balaban J connectivity index is 1.68. The summed E-state index contributed by atoms with van der Waals surface area (Å²) in [6, 6.07) is 6.98. The smallest absolute Gasteiger partial charge is 0.247 e. The molecule has 0 spiro atoms. The zero-order valence-corrected chi connectivity index (χ0v) is 13.0. The average Bonchev–Trinajstić information content (AvgIpc) is 3.14. The van der Waals surface area contributed by atoms with E-state index in [-0.39, 0.29) is 12.5 Å². The summed E-state index contributed by atoms with van der Waals surface area (Å²) >= 11 is 0. The van der Waals surface area contributed by atoms with E-state index in [1.165, 1.54) is 11.0 Å². The van der Waals surface area contributed by atoms with Gasteiger partial charge in [-0.3, -0.25) is 9.59 Å². The molecule has 24 heavy (non-hydrogen) atoms. The highest BCUT2D eigenvalue weighted by molar-refractivity contribution is 5.95. The zero-order valence-electron chi connectivity index (χ0n) is 13.0. The van der Waals surface area contributed by atoms with E-state index < -0.39 is 11.9 Å². The van der Waals surface area contributed by atoms with Crippen LogP contribution in [0.1, 0.15) is 5.56 Å². The molecule has 2 aromatic rings. The molecule has 1 atom stereocenters. The van der Waals surface area contributed by atoms with Crippen molar-refractivity contribution in [2.24, 2.45) is 5.73 Å². The number of morpholine rings is 1. The number of hydrogen-bond donors (Lipinski definition) is 1. The van der Waals surface area contributed by atoms with Crippen molar-refractivity contribution < 1.29 is 14.3 Å². The van der Waals surface area contributed by atoms with Gasteiger partial charge in [-0.05, 0) is 23.8 Å². The number of amides is 2. The second-order valence-corrected chi connectivity index (χ2v) is 5.42. The molecule has 124 valence electrons. The van der Waals surface area contributed by atoms with Crippen molar-refractivity contribution >= 4 is 17.9 Å². The third kappa shape index (κ3) is 3.52. The van der Waals surface area contributed by atoms with Gasteiger partial charge in [0.2, 0.25) is 11.8 Å². The normalized spacial score (nSPS) is 18.0. The fourth-order valence-electron chi connectivity index (χ4n) is 2.54. The topological polar surface area (TPSA) is 90.5 Å². The molecule has 1 aromatic carbocycles. The molecule has 2 heterocycles. The maximum atomic E-state index is 12.3. The lowest BCUT2D eigenvalue weighted by atomic mass is 10.1. The molecular formula is C17H18N4O3. The number of carbonyl (C=O) groups is 2. The van der Waals surface area contributed by atoms with Crippen LogP contribution in [0.4, 0.5) is 0 Å². The quantitative estimate of drug-likeness (QED) is 0.833. The Labute approximate surface area is 139 Å². The summed E-state index contributed by atoms with van der Waals surface area (Å²) in [6.45, 7) is 0.911. The lowest BCUT2D eigenvalue weighted by molar-refractivity contribution is -0.143. The van der Waals surface area contributed by atoms with Crippen LogP contribution < -0.4 is 5.73 Å². The molecule has 1 aliphatic rings. The number of nitrogens with two attached hydrogens (primary N) is 1. The van der Waals surface area contributed by atoms with Crippen molar-refractivity contribution in [2.75, 3.05) is 19.8 Å². The van der Waals surface area contributed by atoms with E-state index in [9.17, 15) is 9.59 Å². The third-order valence-electron chi connectivity index (χ3n) is 3.85. The molecule has 7 nitrogen and oxygen atoms in total. The largest absolute Gasteiger partial charge is 0.377 e. The Morgan fingerprint density at radius 1 is 1.29 bits per heavy atom. The summed E-state index contributed by atoms with van der Waals surface area (Å²) in [5, 5.41) is 0. The summed E-state index contributed by atoms with van der Waals surface area (Å²) in [5.41, 5.74) is 7.19. The molecular weight excluding hydrogens is 308 g/mol. The van der Waals surface area contributed by atoms with Crippen LogP contribution in [0, 0.1) is 0 Å². The first kappa shape index (κ1) is 15.9. The second-order valence-electron chi connectivity index (χ2n) is 5.42. The van der Waals surface area contributed by atoms with Gasteiger partial charge < -0.3 is 19.9 Å². The van der Waals surface area contributed by atoms with Crippen LogP contribution >= 0.6 is 0 Å². The number of carbonyl (C=O) groups excluding carboxylic acids is 2. The molecule has 0 aliphatic carbocycles. The maximum Gasteiger partial charge on any atom is 0.247 e. The third-order valence-corrected chi connectivity index (χ3v) is 3.85. The van der Waals surface area contributed by atoms with E-state index >= 15 is 0 Å². The average molecular weight is 326 g/mol. The molecule has 2 N–H and O–H groups in total. The van der Waals surface area contributed by atoms with E-state index in [0.29, 0.717) is 13.2 Å². The number of aromatic nitrogens is 2. The van der Waals surface area contributed by atoms with Crippen molar-refractivity contribution in [1.82, 2.24) is 14.5 Å². The van der Waals surface area contributed by atoms with Crippen molar-refractivity contribution in [1.29, 1.82) is 0 Å². The van der Waals surface area contributed by atoms with Crippen LogP contribution in [-0.4, -0.2) is 52.1 Å². The Bertz CT molecular complexity index is 738. The Kier molecular flexibility index (Phi) is 4.72. The van der Waals surface area contributed by atoms with E-state index in [1.807, 2.05) is 35.0 Å². The number of imidazole rings is 1. The van der Waals surface area contributed by atoms with Crippen molar-refractivity contribution in [3.63, 3.8) is 0 Å². The fraction of sp³-hybridized carbons (Fsp3) is 0.235. The highest BCUT2D eigenvalue weighted by Gasteiger charge is 2.30. The van der Waals surface area contributed by atoms with Gasteiger partial charge in [-0.25, -0.2) is 4.98 Å². The standard InChI is InChI=1S/C17H18N4O3/c18-17(23)15-11-24-10-9-21(15)16(22)6-3-13-1-4-14(5-2-13)20-8-7-19-12-20/h1-8,12,15H,9-11H2,(H2,18,23). The molecule has 0 radical (unpaired) electrons. The van der Waals surface area contributed by atoms with Gasteiger partial charge >= 0.3 is 0 Å². The summed E-state index contributed by atoms with van der Waals surface area (Å²) in [6.07, 6.45) is 8.46. The monoisotopic (exact) mass is 326 g/mol. The van der Waals surface area contributed by atoms with Gasteiger partial charge in [-0.15, -0.1) is 0 Å². The minimum absolute atomic E-state index is 0.147. The van der Waals surface area contributed by atoms with Gasteiger partial charge in [0.1, 0.15) is 6.04 Å². The fourth-order valence-corrected chi connectivity index (χ4v) is 2.54. The van der Waals surface area contributed by atoms with Crippen molar-refractivity contribution in [3.05, 3.63) is 54.6 Å². The highest BCUT2D eigenvalue weighted by Crippen LogP contribution is 2.12. The van der Waals surface area contributed by atoms with Crippen LogP contribution in [-0.2, 0) is 14.3 Å². The lowest BCUT2D eigenvalue weighted by Gasteiger charge is -2.32.